The highest BCUT2D eigenvalue weighted by molar-refractivity contribution is 6.36. The summed E-state index contributed by atoms with van der Waals surface area (Å²) in [6.07, 6.45) is 0.911. The van der Waals surface area contributed by atoms with E-state index in [-0.39, 0.29) is 12.1 Å². The second-order valence-electron chi connectivity index (χ2n) is 8.37. The smallest absolute Gasteiger partial charge is 0.125 e. The first-order valence-corrected chi connectivity index (χ1v) is 12.0. The highest BCUT2D eigenvalue weighted by Crippen LogP contribution is 2.42. The van der Waals surface area contributed by atoms with E-state index in [1.54, 1.807) is 6.07 Å². The molecule has 1 unspecified atom stereocenters. The van der Waals surface area contributed by atoms with Gasteiger partial charge in [-0.3, -0.25) is 4.90 Å². The van der Waals surface area contributed by atoms with E-state index in [1.165, 1.54) is 5.56 Å². The van der Waals surface area contributed by atoms with E-state index >= 15 is 0 Å². The molecule has 0 N–H and O–H groups in total. The number of ether oxygens (including phenoxy) is 1. The van der Waals surface area contributed by atoms with Crippen molar-refractivity contribution in [1.82, 2.24) is 4.90 Å². The minimum atomic E-state index is 0.0966. The summed E-state index contributed by atoms with van der Waals surface area (Å²) in [5.74, 6) is 0.816. The predicted molar refractivity (Wildman–Crippen MR) is 134 cm³/mol. The number of hydrogen-bond donors (Lipinski definition) is 0. The number of rotatable bonds is 3. The molecule has 168 valence electrons. The van der Waals surface area contributed by atoms with E-state index in [4.69, 9.17) is 39.5 Å². The molecular weight excluding hydrogens is 477 g/mol. The Morgan fingerprint density at radius 2 is 1.67 bits per heavy atom. The van der Waals surface area contributed by atoms with E-state index in [0.29, 0.717) is 27.2 Å². The average Bonchev–Trinajstić information content (AvgIpc) is 2.83. The Morgan fingerprint density at radius 1 is 0.879 bits per heavy atom. The van der Waals surface area contributed by atoms with Gasteiger partial charge in [0, 0.05) is 47.7 Å². The van der Waals surface area contributed by atoms with Crippen molar-refractivity contribution >= 4 is 40.5 Å². The number of anilines is 1. The van der Waals surface area contributed by atoms with Gasteiger partial charge in [0.25, 0.3) is 0 Å². The summed E-state index contributed by atoms with van der Waals surface area (Å²) in [6.45, 7) is 3.16. The molecule has 2 heterocycles. The molecule has 3 aromatic rings. The second-order valence-corrected chi connectivity index (χ2v) is 9.65. The Labute approximate surface area is 208 Å². The molecule has 2 aliphatic rings. The van der Waals surface area contributed by atoms with Crippen LogP contribution in [0.2, 0.25) is 15.1 Å². The lowest BCUT2D eigenvalue weighted by atomic mass is 9.94. The molecule has 2 aliphatic heterocycles. The molecule has 5 rings (SSSR count). The average molecular weight is 499 g/mol. The maximum Gasteiger partial charge on any atom is 0.125 e. The van der Waals surface area contributed by atoms with Crippen molar-refractivity contribution < 1.29 is 4.74 Å². The van der Waals surface area contributed by atoms with Crippen LogP contribution in [0.5, 0.6) is 5.75 Å². The second kappa shape index (κ2) is 9.44. The summed E-state index contributed by atoms with van der Waals surface area (Å²) in [4.78, 5) is 4.88. The molecule has 33 heavy (non-hydrogen) atoms. The highest BCUT2D eigenvalue weighted by atomic mass is 35.5. The van der Waals surface area contributed by atoms with Crippen molar-refractivity contribution in [3.8, 4) is 11.8 Å². The van der Waals surface area contributed by atoms with E-state index in [0.717, 1.165) is 43.1 Å². The van der Waals surface area contributed by atoms with Crippen molar-refractivity contribution in [2.75, 3.05) is 31.1 Å². The zero-order valence-corrected chi connectivity index (χ0v) is 20.1. The molecule has 0 saturated carbocycles. The van der Waals surface area contributed by atoms with Crippen LogP contribution in [0, 0.1) is 11.3 Å². The van der Waals surface area contributed by atoms with Crippen LogP contribution >= 0.6 is 34.8 Å². The van der Waals surface area contributed by atoms with Crippen LogP contribution in [-0.2, 0) is 0 Å². The van der Waals surface area contributed by atoms with Gasteiger partial charge >= 0.3 is 0 Å². The van der Waals surface area contributed by atoms with Gasteiger partial charge in [-0.15, -0.1) is 0 Å². The Balaban J connectivity index is 1.49. The summed E-state index contributed by atoms with van der Waals surface area (Å²) in [5.41, 5.74) is 3.93. The number of benzene rings is 3. The third-order valence-corrected chi connectivity index (χ3v) is 7.27. The van der Waals surface area contributed by atoms with Crippen LogP contribution < -0.4 is 9.64 Å². The van der Waals surface area contributed by atoms with E-state index in [1.807, 2.05) is 42.5 Å². The maximum atomic E-state index is 9.26. The Kier molecular flexibility index (Phi) is 6.40. The molecule has 1 saturated heterocycles. The molecule has 4 nitrogen and oxygen atoms in total. The van der Waals surface area contributed by atoms with E-state index in [9.17, 15) is 5.26 Å². The van der Waals surface area contributed by atoms with Crippen molar-refractivity contribution in [1.29, 1.82) is 5.26 Å². The van der Waals surface area contributed by atoms with Crippen LogP contribution in [-0.4, -0.2) is 31.1 Å². The minimum Gasteiger partial charge on any atom is -0.493 e. The van der Waals surface area contributed by atoms with Gasteiger partial charge in [0.2, 0.25) is 0 Å². The summed E-state index contributed by atoms with van der Waals surface area (Å²) in [6, 6.07) is 22.0. The molecule has 1 fully saturated rings. The normalized spacial score (nSPS) is 20.6. The van der Waals surface area contributed by atoms with Crippen molar-refractivity contribution in [3.05, 3.63) is 92.4 Å². The van der Waals surface area contributed by atoms with Gasteiger partial charge < -0.3 is 9.64 Å². The zero-order chi connectivity index (χ0) is 22.9. The van der Waals surface area contributed by atoms with Crippen LogP contribution in [0.25, 0.3) is 0 Å². The lowest BCUT2D eigenvalue weighted by molar-refractivity contribution is 0.117. The van der Waals surface area contributed by atoms with Gasteiger partial charge in [0.15, 0.2) is 0 Å². The largest absolute Gasteiger partial charge is 0.493 e. The third kappa shape index (κ3) is 4.52. The Bertz CT molecular complexity index is 1210. The first kappa shape index (κ1) is 22.4. The molecule has 0 spiro atoms. The van der Waals surface area contributed by atoms with Crippen LogP contribution in [0.1, 0.15) is 35.2 Å². The monoisotopic (exact) mass is 497 g/mol. The summed E-state index contributed by atoms with van der Waals surface area (Å²) >= 11 is 19.0. The minimum absolute atomic E-state index is 0.0966. The summed E-state index contributed by atoms with van der Waals surface area (Å²) < 4.78 is 5.90. The van der Waals surface area contributed by atoms with E-state index < -0.39 is 0 Å². The number of nitriles is 1. The molecular formula is C26H22Cl3N3O. The van der Waals surface area contributed by atoms with Gasteiger partial charge in [0.05, 0.1) is 35.0 Å². The van der Waals surface area contributed by atoms with Crippen LogP contribution in [0.3, 0.4) is 0 Å². The molecule has 0 radical (unpaired) electrons. The number of halogens is 3. The number of nitrogens with zero attached hydrogens (tertiary/aromatic N) is 3. The summed E-state index contributed by atoms with van der Waals surface area (Å²) in [7, 11) is 0. The highest BCUT2D eigenvalue weighted by Gasteiger charge is 2.35. The lowest BCUT2D eigenvalue weighted by Crippen LogP contribution is -2.50. The van der Waals surface area contributed by atoms with Crippen LogP contribution in [0.4, 0.5) is 5.69 Å². The van der Waals surface area contributed by atoms with Crippen molar-refractivity contribution in [2.45, 2.75) is 18.5 Å². The Hall–Kier alpha value is -2.42. The lowest BCUT2D eigenvalue weighted by Gasteiger charge is -2.47. The standard InChI is InChI=1S/C26H22Cl3N3O/c27-19-4-2-18(3-5-19)25-16-31(10-11-32(25)24-8-6-20(28)14-22(24)29)23-9-12-33-26-13-17(15-30)1-7-21(23)26/h1-8,13-14,23,25H,9-12,16H2/t23?,25-/m0/s1. The fourth-order valence-electron chi connectivity index (χ4n) is 4.88. The SMILES string of the molecule is N#Cc1ccc2c(c1)OCCC2N1CCN(c2ccc(Cl)cc2Cl)[C@H](c2ccc(Cl)cc2)C1. The fraction of sp³-hybridized carbons (Fsp3) is 0.269. The third-order valence-electron chi connectivity index (χ3n) is 6.48. The Morgan fingerprint density at radius 3 is 2.42 bits per heavy atom. The maximum absolute atomic E-state index is 9.26. The topological polar surface area (TPSA) is 39.5 Å². The first-order valence-electron chi connectivity index (χ1n) is 10.9. The molecule has 0 bridgehead atoms. The zero-order valence-electron chi connectivity index (χ0n) is 17.8. The molecule has 7 heteroatoms. The molecule has 2 atom stereocenters. The quantitative estimate of drug-likeness (QED) is 0.393. The number of hydrogen-bond acceptors (Lipinski definition) is 4. The number of fused-ring (bicyclic) bond motifs is 1. The van der Waals surface area contributed by atoms with Gasteiger partial charge in [-0.05, 0) is 48.0 Å². The van der Waals surface area contributed by atoms with Gasteiger partial charge in [-0.2, -0.15) is 5.26 Å². The fourth-order valence-corrected chi connectivity index (χ4v) is 5.52. The number of piperazine rings is 1. The molecule has 0 aliphatic carbocycles. The van der Waals surface area contributed by atoms with Crippen molar-refractivity contribution in [2.24, 2.45) is 0 Å². The van der Waals surface area contributed by atoms with Gasteiger partial charge in [-0.1, -0.05) is 53.0 Å². The molecule has 0 amide bonds. The van der Waals surface area contributed by atoms with Crippen molar-refractivity contribution in [3.63, 3.8) is 0 Å². The molecule has 0 aromatic heterocycles. The molecule has 3 aromatic carbocycles. The van der Waals surface area contributed by atoms with Crippen LogP contribution in [0.15, 0.2) is 60.7 Å². The summed E-state index contributed by atoms with van der Waals surface area (Å²) in [5, 5.41) is 11.3. The first-order chi connectivity index (χ1) is 16.0. The van der Waals surface area contributed by atoms with E-state index in [2.05, 4.69) is 28.0 Å². The van der Waals surface area contributed by atoms with Gasteiger partial charge in [0.1, 0.15) is 5.75 Å². The predicted octanol–water partition coefficient (Wildman–Crippen LogP) is 6.91. The van der Waals surface area contributed by atoms with Gasteiger partial charge in [-0.25, -0.2) is 0 Å².